The van der Waals surface area contributed by atoms with Gasteiger partial charge in [0.2, 0.25) is 11.8 Å². The number of nitrogens with one attached hydrogen (secondary N) is 1. The molecule has 2 amide bonds. The Morgan fingerprint density at radius 2 is 1.65 bits per heavy atom. The van der Waals surface area contributed by atoms with E-state index >= 15 is 0 Å². The number of piperidine rings is 1. The van der Waals surface area contributed by atoms with Crippen LogP contribution in [0.3, 0.4) is 0 Å². The number of nitrogens with zero attached hydrogens (tertiary/aromatic N) is 2. The molecule has 0 spiro atoms. The number of pyridine rings is 1. The van der Waals surface area contributed by atoms with Gasteiger partial charge < -0.3 is 10.2 Å². The van der Waals surface area contributed by atoms with Crippen LogP contribution in [-0.2, 0) is 9.59 Å². The smallest absolute Gasteiger partial charge is 0.223 e. The molecule has 1 N–H and O–H groups in total. The largest absolute Gasteiger partial charge is 0.345 e. The monoisotopic (exact) mass is 355 g/mol. The molecule has 1 fully saturated rings. The molecule has 6 heteroatoms. The van der Waals surface area contributed by atoms with E-state index in [1.807, 2.05) is 12.1 Å². The third-order valence-electron chi connectivity index (χ3n) is 4.84. The van der Waals surface area contributed by atoms with E-state index in [2.05, 4.69) is 10.3 Å². The molecule has 1 aromatic heterocycles. The van der Waals surface area contributed by atoms with Crippen molar-refractivity contribution >= 4 is 11.8 Å². The Labute approximate surface area is 152 Å². The third kappa shape index (κ3) is 4.25. The van der Waals surface area contributed by atoms with Crippen molar-refractivity contribution in [2.24, 2.45) is 5.92 Å². The molecule has 136 valence electrons. The van der Waals surface area contributed by atoms with E-state index in [-0.39, 0.29) is 29.6 Å². The summed E-state index contributed by atoms with van der Waals surface area (Å²) >= 11 is 0. The van der Waals surface area contributed by atoms with Gasteiger partial charge in [0.1, 0.15) is 5.82 Å². The average Bonchev–Trinajstić information content (AvgIpc) is 2.67. The predicted octanol–water partition coefficient (Wildman–Crippen LogP) is 2.68. The summed E-state index contributed by atoms with van der Waals surface area (Å²) in [6.07, 6.45) is 4.64. The highest BCUT2D eigenvalue weighted by molar-refractivity contribution is 5.80. The molecule has 2 aromatic rings. The van der Waals surface area contributed by atoms with E-state index < -0.39 is 0 Å². The van der Waals surface area contributed by atoms with Crippen molar-refractivity contribution in [1.29, 1.82) is 0 Å². The predicted molar refractivity (Wildman–Crippen MR) is 95.6 cm³/mol. The average molecular weight is 355 g/mol. The van der Waals surface area contributed by atoms with E-state index in [1.165, 1.54) is 12.1 Å². The zero-order valence-electron chi connectivity index (χ0n) is 14.7. The Bertz CT molecular complexity index is 756. The van der Waals surface area contributed by atoms with Crippen LogP contribution in [0.15, 0.2) is 48.8 Å². The number of rotatable bonds is 4. The first-order valence-corrected chi connectivity index (χ1v) is 8.76. The van der Waals surface area contributed by atoms with E-state index in [0.717, 1.165) is 11.1 Å². The van der Waals surface area contributed by atoms with Gasteiger partial charge in [-0.05, 0) is 48.2 Å². The number of halogens is 1. The lowest BCUT2D eigenvalue weighted by Crippen LogP contribution is -2.43. The summed E-state index contributed by atoms with van der Waals surface area (Å²) in [6.45, 7) is 2.75. The summed E-state index contributed by atoms with van der Waals surface area (Å²) in [7, 11) is 0. The molecule has 0 radical (unpaired) electrons. The number of amides is 2. The topological polar surface area (TPSA) is 62.3 Å². The summed E-state index contributed by atoms with van der Waals surface area (Å²) in [5, 5.41) is 3.09. The number of hydrogen-bond acceptors (Lipinski definition) is 3. The minimum atomic E-state index is -0.364. The number of carbonyl (C=O) groups excluding carboxylic acids is 2. The van der Waals surface area contributed by atoms with Crippen molar-refractivity contribution < 1.29 is 14.0 Å². The number of carbonyl (C=O) groups is 2. The second-order valence-corrected chi connectivity index (χ2v) is 6.55. The van der Waals surface area contributed by atoms with E-state index in [9.17, 15) is 14.0 Å². The molecule has 1 aliphatic rings. The molecule has 1 aromatic carbocycles. The molecule has 1 aliphatic heterocycles. The number of likely N-dealkylation sites (tertiary alicyclic amines) is 1. The van der Waals surface area contributed by atoms with Crippen molar-refractivity contribution in [2.45, 2.75) is 25.8 Å². The van der Waals surface area contributed by atoms with Crippen LogP contribution >= 0.6 is 0 Å². The van der Waals surface area contributed by atoms with Crippen molar-refractivity contribution in [3.63, 3.8) is 0 Å². The standard InChI is InChI=1S/C20H22FN3O2/c1-14(25)24-12-8-17(9-13-24)20(26)23-19(16-6-10-22-11-7-16)15-2-4-18(21)5-3-15/h2-7,10-11,17,19H,8-9,12-13H2,1H3,(H,23,26). The van der Waals surface area contributed by atoms with Crippen molar-refractivity contribution in [3.05, 3.63) is 65.7 Å². The second kappa shape index (κ2) is 8.08. The van der Waals surface area contributed by atoms with Crippen LogP contribution < -0.4 is 5.32 Å². The Morgan fingerprint density at radius 1 is 1.08 bits per heavy atom. The second-order valence-electron chi connectivity index (χ2n) is 6.55. The number of benzene rings is 1. The van der Waals surface area contributed by atoms with Gasteiger partial charge >= 0.3 is 0 Å². The lowest BCUT2D eigenvalue weighted by molar-refractivity contribution is -0.134. The Morgan fingerprint density at radius 3 is 2.23 bits per heavy atom. The molecule has 0 bridgehead atoms. The highest BCUT2D eigenvalue weighted by Gasteiger charge is 2.28. The van der Waals surface area contributed by atoms with Gasteiger partial charge in [-0.2, -0.15) is 0 Å². The van der Waals surface area contributed by atoms with Crippen molar-refractivity contribution in [2.75, 3.05) is 13.1 Å². The van der Waals surface area contributed by atoms with Gasteiger partial charge in [0.25, 0.3) is 0 Å². The fourth-order valence-corrected chi connectivity index (χ4v) is 3.29. The molecular weight excluding hydrogens is 333 g/mol. The fourth-order valence-electron chi connectivity index (χ4n) is 3.29. The van der Waals surface area contributed by atoms with Gasteiger partial charge in [-0.25, -0.2) is 4.39 Å². The van der Waals surface area contributed by atoms with Gasteiger partial charge in [0.15, 0.2) is 0 Å². The van der Waals surface area contributed by atoms with Gasteiger partial charge in [0.05, 0.1) is 6.04 Å². The van der Waals surface area contributed by atoms with Crippen LogP contribution in [0.25, 0.3) is 0 Å². The molecule has 1 atom stereocenters. The Hall–Kier alpha value is -2.76. The molecule has 26 heavy (non-hydrogen) atoms. The molecule has 1 saturated heterocycles. The maximum atomic E-state index is 13.3. The van der Waals surface area contributed by atoms with E-state index in [0.29, 0.717) is 25.9 Å². The molecular formula is C20H22FN3O2. The van der Waals surface area contributed by atoms with Crippen LogP contribution in [-0.4, -0.2) is 34.8 Å². The zero-order valence-corrected chi connectivity index (χ0v) is 14.7. The minimum Gasteiger partial charge on any atom is -0.345 e. The fraction of sp³-hybridized carbons (Fsp3) is 0.350. The third-order valence-corrected chi connectivity index (χ3v) is 4.84. The molecule has 0 saturated carbocycles. The van der Waals surface area contributed by atoms with Gasteiger partial charge in [-0.3, -0.25) is 14.6 Å². The lowest BCUT2D eigenvalue weighted by Gasteiger charge is -2.31. The summed E-state index contributed by atoms with van der Waals surface area (Å²) in [4.78, 5) is 30.0. The first-order valence-electron chi connectivity index (χ1n) is 8.76. The summed E-state index contributed by atoms with van der Waals surface area (Å²) in [5.74, 6) is -0.440. The van der Waals surface area contributed by atoms with Crippen LogP contribution in [0.5, 0.6) is 0 Å². The van der Waals surface area contributed by atoms with Crippen LogP contribution in [0.4, 0.5) is 4.39 Å². The maximum Gasteiger partial charge on any atom is 0.223 e. The first kappa shape index (κ1) is 18.0. The molecule has 3 rings (SSSR count). The van der Waals surface area contributed by atoms with Gasteiger partial charge in [-0.15, -0.1) is 0 Å². The summed E-state index contributed by atoms with van der Waals surface area (Å²) in [6, 6.07) is 9.45. The normalized spacial score (nSPS) is 16.2. The zero-order chi connectivity index (χ0) is 18.5. The number of aromatic nitrogens is 1. The van der Waals surface area contributed by atoms with Crippen molar-refractivity contribution in [1.82, 2.24) is 15.2 Å². The summed E-state index contributed by atoms with van der Waals surface area (Å²) < 4.78 is 13.3. The van der Waals surface area contributed by atoms with Crippen LogP contribution in [0, 0.1) is 11.7 Å². The first-order chi connectivity index (χ1) is 12.5. The molecule has 1 unspecified atom stereocenters. The number of hydrogen-bond donors (Lipinski definition) is 1. The quantitative estimate of drug-likeness (QED) is 0.917. The molecule has 5 nitrogen and oxygen atoms in total. The molecule has 0 aliphatic carbocycles. The Kier molecular flexibility index (Phi) is 5.61. The lowest BCUT2D eigenvalue weighted by atomic mass is 9.93. The maximum absolute atomic E-state index is 13.3. The Balaban J connectivity index is 1.75. The van der Waals surface area contributed by atoms with Gasteiger partial charge in [0, 0.05) is 38.3 Å². The SMILES string of the molecule is CC(=O)N1CCC(C(=O)NC(c2ccncc2)c2ccc(F)cc2)CC1. The van der Waals surface area contributed by atoms with Gasteiger partial charge in [-0.1, -0.05) is 12.1 Å². The van der Waals surface area contributed by atoms with Crippen LogP contribution in [0.2, 0.25) is 0 Å². The minimum absolute atomic E-state index is 0.0423. The highest BCUT2D eigenvalue weighted by Crippen LogP contribution is 2.24. The molecule has 2 heterocycles. The summed E-state index contributed by atoms with van der Waals surface area (Å²) in [5.41, 5.74) is 1.70. The van der Waals surface area contributed by atoms with E-state index in [4.69, 9.17) is 0 Å². The van der Waals surface area contributed by atoms with E-state index in [1.54, 1.807) is 36.4 Å². The van der Waals surface area contributed by atoms with Crippen molar-refractivity contribution in [3.8, 4) is 0 Å². The highest BCUT2D eigenvalue weighted by atomic mass is 19.1. The van der Waals surface area contributed by atoms with Crippen LogP contribution in [0.1, 0.15) is 36.9 Å².